The van der Waals surface area contributed by atoms with Crippen molar-refractivity contribution in [1.82, 2.24) is 0 Å². The van der Waals surface area contributed by atoms with E-state index in [1.165, 1.54) is 5.57 Å². The Labute approximate surface area is 186 Å². The van der Waals surface area contributed by atoms with Crippen molar-refractivity contribution in [3.05, 3.63) is 89.5 Å². The molecule has 3 aromatic carbocycles. The van der Waals surface area contributed by atoms with Crippen LogP contribution in [0.25, 0.3) is 11.1 Å². The fourth-order valence-electron chi connectivity index (χ4n) is 3.95. The number of ether oxygens (including phenoxy) is 3. The van der Waals surface area contributed by atoms with Crippen molar-refractivity contribution < 1.29 is 14.2 Å². The second kappa shape index (κ2) is 8.57. The summed E-state index contributed by atoms with van der Waals surface area (Å²) in [5.41, 5.74) is 5.16. The number of hydrogen-bond donors (Lipinski definition) is 0. The molecule has 3 aromatic rings. The first-order valence-corrected chi connectivity index (χ1v) is 11.1. The summed E-state index contributed by atoms with van der Waals surface area (Å²) in [7, 11) is 1.67. The fourth-order valence-corrected chi connectivity index (χ4v) is 4.11. The van der Waals surface area contributed by atoms with E-state index in [2.05, 4.69) is 72.2 Å². The zero-order valence-corrected chi connectivity index (χ0v) is 19.0. The monoisotopic (exact) mass is 464 g/mol. The lowest BCUT2D eigenvalue weighted by molar-refractivity contribution is 0.168. The van der Waals surface area contributed by atoms with Crippen LogP contribution in [0.5, 0.6) is 17.2 Å². The first-order valence-electron chi connectivity index (χ1n) is 10.0. The van der Waals surface area contributed by atoms with Crippen molar-refractivity contribution in [2.24, 2.45) is 0 Å². The van der Waals surface area contributed by atoms with Crippen molar-refractivity contribution in [1.29, 1.82) is 0 Å². The van der Waals surface area contributed by atoms with E-state index < -0.39 is 5.60 Å². The van der Waals surface area contributed by atoms with Crippen LogP contribution in [-0.4, -0.2) is 24.6 Å². The Morgan fingerprint density at radius 3 is 2.23 bits per heavy atom. The van der Waals surface area contributed by atoms with Crippen LogP contribution >= 0.6 is 15.9 Å². The van der Waals surface area contributed by atoms with Gasteiger partial charge in [0.2, 0.25) is 0 Å². The lowest BCUT2D eigenvalue weighted by atomic mass is 9.79. The van der Waals surface area contributed by atoms with Crippen molar-refractivity contribution in [2.45, 2.75) is 19.4 Å². The third-order valence-corrected chi connectivity index (χ3v) is 5.55. The Bertz CT molecular complexity index is 1050. The van der Waals surface area contributed by atoms with Gasteiger partial charge in [-0.25, -0.2) is 0 Å². The van der Waals surface area contributed by atoms with E-state index in [0.717, 1.165) is 44.8 Å². The zero-order valence-electron chi connectivity index (χ0n) is 17.4. The second-order valence-electron chi connectivity index (χ2n) is 7.65. The smallest absolute Gasteiger partial charge is 0.132 e. The molecule has 1 heterocycles. The molecule has 0 aromatic heterocycles. The molecule has 0 saturated heterocycles. The average Bonchev–Trinajstić information content (AvgIpc) is 2.76. The molecule has 0 amide bonds. The average molecular weight is 465 g/mol. The molecule has 0 radical (unpaired) electrons. The Balaban J connectivity index is 1.93. The van der Waals surface area contributed by atoms with Gasteiger partial charge in [-0.05, 0) is 49.2 Å². The quantitative estimate of drug-likeness (QED) is 0.384. The van der Waals surface area contributed by atoms with Crippen LogP contribution in [0.2, 0.25) is 0 Å². The minimum absolute atomic E-state index is 0.513. The van der Waals surface area contributed by atoms with Crippen molar-refractivity contribution in [3.63, 3.8) is 0 Å². The largest absolute Gasteiger partial charge is 0.497 e. The molecule has 0 N–H and O–H groups in total. The predicted molar refractivity (Wildman–Crippen MR) is 126 cm³/mol. The van der Waals surface area contributed by atoms with Gasteiger partial charge >= 0.3 is 0 Å². The minimum atomic E-state index is -0.513. The molecule has 30 heavy (non-hydrogen) atoms. The van der Waals surface area contributed by atoms with E-state index in [4.69, 9.17) is 14.2 Å². The highest BCUT2D eigenvalue weighted by atomic mass is 79.9. The van der Waals surface area contributed by atoms with E-state index in [9.17, 15) is 0 Å². The second-order valence-corrected chi connectivity index (χ2v) is 8.45. The highest BCUT2D eigenvalue weighted by Gasteiger charge is 2.36. The van der Waals surface area contributed by atoms with Crippen LogP contribution in [0, 0.1) is 0 Å². The summed E-state index contributed by atoms with van der Waals surface area (Å²) >= 11 is 3.40. The molecule has 0 aliphatic carbocycles. The summed E-state index contributed by atoms with van der Waals surface area (Å²) in [6.07, 6.45) is 0. The molecular formula is C26H25BrO3. The molecule has 4 heteroatoms. The Hall–Kier alpha value is -2.72. The lowest BCUT2D eigenvalue weighted by Crippen LogP contribution is -2.34. The maximum Gasteiger partial charge on any atom is 0.132 e. The van der Waals surface area contributed by atoms with Gasteiger partial charge in [-0.2, -0.15) is 0 Å². The SMILES string of the molecule is COc1ccc2c(c1)OC(C)(C)C(c1ccccc1)=C2c1ccc(OCCBr)cc1. The zero-order chi connectivity index (χ0) is 21.1. The molecular weight excluding hydrogens is 440 g/mol. The van der Waals surface area contributed by atoms with Crippen LogP contribution in [-0.2, 0) is 0 Å². The Morgan fingerprint density at radius 2 is 1.57 bits per heavy atom. The molecule has 0 spiro atoms. The topological polar surface area (TPSA) is 27.7 Å². The van der Waals surface area contributed by atoms with E-state index in [1.807, 2.05) is 30.3 Å². The van der Waals surface area contributed by atoms with E-state index in [-0.39, 0.29) is 0 Å². The van der Waals surface area contributed by atoms with Crippen molar-refractivity contribution in [2.75, 3.05) is 19.0 Å². The molecule has 4 rings (SSSR count). The summed E-state index contributed by atoms with van der Waals surface area (Å²) in [5, 5.41) is 0.804. The van der Waals surface area contributed by atoms with E-state index in [0.29, 0.717) is 6.61 Å². The van der Waals surface area contributed by atoms with Crippen LogP contribution in [0.3, 0.4) is 0 Å². The van der Waals surface area contributed by atoms with Crippen LogP contribution in [0.15, 0.2) is 72.8 Å². The summed E-state index contributed by atoms with van der Waals surface area (Å²) in [5.74, 6) is 2.47. The predicted octanol–water partition coefficient (Wildman–Crippen LogP) is 6.60. The number of rotatable bonds is 6. The van der Waals surface area contributed by atoms with Gasteiger partial charge in [0.25, 0.3) is 0 Å². The van der Waals surface area contributed by atoms with Gasteiger partial charge in [0, 0.05) is 28.1 Å². The van der Waals surface area contributed by atoms with Crippen LogP contribution in [0.1, 0.15) is 30.5 Å². The number of alkyl halides is 1. The van der Waals surface area contributed by atoms with E-state index >= 15 is 0 Å². The highest BCUT2D eigenvalue weighted by molar-refractivity contribution is 9.09. The maximum absolute atomic E-state index is 6.49. The standard InChI is InChI=1S/C26H25BrO3/c1-26(2)25(19-7-5-4-6-8-19)24(18-9-11-20(12-10-18)29-16-15-27)22-14-13-21(28-3)17-23(22)30-26/h4-14,17H,15-16H2,1-3H3. The highest BCUT2D eigenvalue weighted by Crippen LogP contribution is 2.48. The van der Waals surface area contributed by atoms with Gasteiger partial charge in [-0.1, -0.05) is 58.4 Å². The molecule has 0 saturated carbocycles. The first kappa shape index (κ1) is 20.5. The first-order chi connectivity index (χ1) is 14.5. The van der Waals surface area contributed by atoms with Crippen molar-refractivity contribution >= 4 is 27.1 Å². The van der Waals surface area contributed by atoms with Crippen LogP contribution in [0.4, 0.5) is 0 Å². The number of hydrogen-bond acceptors (Lipinski definition) is 3. The summed E-state index contributed by atoms with van der Waals surface area (Å²) < 4.78 is 17.7. The maximum atomic E-state index is 6.49. The normalized spacial score (nSPS) is 14.7. The summed E-state index contributed by atoms with van der Waals surface area (Å²) in [6, 6.07) is 24.8. The van der Waals surface area contributed by atoms with Crippen molar-refractivity contribution in [3.8, 4) is 17.2 Å². The van der Waals surface area contributed by atoms with Crippen LogP contribution < -0.4 is 14.2 Å². The third-order valence-electron chi connectivity index (χ3n) is 5.23. The van der Waals surface area contributed by atoms with Gasteiger partial charge in [-0.15, -0.1) is 0 Å². The summed E-state index contributed by atoms with van der Waals surface area (Å²) in [4.78, 5) is 0. The molecule has 1 aliphatic heterocycles. The summed E-state index contributed by atoms with van der Waals surface area (Å²) in [6.45, 7) is 4.87. The lowest BCUT2D eigenvalue weighted by Gasteiger charge is -2.38. The van der Waals surface area contributed by atoms with Gasteiger partial charge in [0.1, 0.15) is 22.8 Å². The molecule has 154 valence electrons. The Kier molecular flexibility index (Phi) is 5.87. The van der Waals surface area contributed by atoms with Gasteiger partial charge in [-0.3, -0.25) is 0 Å². The molecule has 0 bridgehead atoms. The molecule has 1 aliphatic rings. The number of methoxy groups -OCH3 is 1. The van der Waals surface area contributed by atoms with Gasteiger partial charge < -0.3 is 14.2 Å². The molecule has 3 nitrogen and oxygen atoms in total. The van der Waals surface area contributed by atoms with E-state index in [1.54, 1.807) is 7.11 Å². The fraction of sp³-hybridized carbons (Fsp3) is 0.231. The van der Waals surface area contributed by atoms with Gasteiger partial charge in [0.05, 0.1) is 13.7 Å². The number of fused-ring (bicyclic) bond motifs is 1. The Morgan fingerprint density at radius 1 is 0.867 bits per heavy atom. The van der Waals surface area contributed by atoms with Gasteiger partial charge in [0.15, 0.2) is 0 Å². The molecule has 0 fully saturated rings. The molecule has 0 unspecified atom stereocenters. The third kappa shape index (κ3) is 3.97. The molecule has 0 atom stereocenters. The number of halogens is 1. The number of benzene rings is 3. The minimum Gasteiger partial charge on any atom is -0.497 e.